The Labute approximate surface area is 87.8 Å². The third kappa shape index (κ3) is 2.05. The number of piperazine rings is 1. The molecule has 1 unspecified atom stereocenters. The zero-order chi connectivity index (χ0) is 10.8. The number of hydrogen-bond acceptors (Lipinski definition) is 6. The van der Waals surface area contributed by atoms with E-state index in [1.165, 1.54) is 0 Å². The maximum atomic E-state index is 10.4. The number of aromatic nitrogens is 2. The summed E-state index contributed by atoms with van der Waals surface area (Å²) in [6.07, 6.45) is 0.572. The van der Waals surface area contributed by atoms with E-state index in [0.29, 0.717) is 12.1 Å². The lowest BCUT2D eigenvalue weighted by atomic mass is 10.2. The van der Waals surface area contributed by atoms with Crippen LogP contribution in [0, 0.1) is 0 Å². The van der Waals surface area contributed by atoms with Crippen molar-refractivity contribution >= 4 is 6.29 Å². The third-order valence-electron chi connectivity index (χ3n) is 2.71. The second kappa shape index (κ2) is 4.08. The van der Waals surface area contributed by atoms with Gasteiger partial charge in [-0.05, 0) is 14.1 Å². The first-order valence-electron chi connectivity index (χ1n) is 4.88. The standard InChI is InChI=1S/C9H14N4O2/c1-12-3-4-13(2)7(5-12)9-10-8(6-14)15-11-9/h6-7H,3-5H2,1-2H3. The molecule has 0 spiro atoms. The molecule has 0 aromatic carbocycles. The molecule has 1 fully saturated rings. The van der Waals surface area contributed by atoms with Crippen molar-refractivity contribution in [1.82, 2.24) is 19.9 Å². The molecule has 0 saturated carbocycles. The molecule has 1 aliphatic rings. The van der Waals surface area contributed by atoms with Gasteiger partial charge in [-0.2, -0.15) is 4.98 Å². The highest BCUT2D eigenvalue weighted by Gasteiger charge is 2.27. The molecular formula is C9H14N4O2. The Hall–Kier alpha value is -1.27. The molecule has 0 aliphatic carbocycles. The van der Waals surface area contributed by atoms with Gasteiger partial charge in [-0.3, -0.25) is 9.69 Å². The number of likely N-dealkylation sites (N-methyl/N-ethyl adjacent to an activating group) is 2. The molecule has 0 bridgehead atoms. The van der Waals surface area contributed by atoms with Crippen LogP contribution in [0.1, 0.15) is 22.6 Å². The monoisotopic (exact) mass is 210 g/mol. The van der Waals surface area contributed by atoms with E-state index in [0.717, 1.165) is 19.6 Å². The highest BCUT2D eigenvalue weighted by Crippen LogP contribution is 2.20. The molecule has 0 N–H and O–H groups in total. The maximum absolute atomic E-state index is 10.4. The van der Waals surface area contributed by atoms with Gasteiger partial charge in [-0.1, -0.05) is 5.16 Å². The van der Waals surface area contributed by atoms with Crippen molar-refractivity contribution in [1.29, 1.82) is 0 Å². The van der Waals surface area contributed by atoms with Crippen molar-refractivity contribution in [3.8, 4) is 0 Å². The molecule has 15 heavy (non-hydrogen) atoms. The van der Waals surface area contributed by atoms with Crippen LogP contribution in [-0.2, 0) is 0 Å². The molecule has 6 nitrogen and oxygen atoms in total. The van der Waals surface area contributed by atoms with E-state index in [4.69, 9.17) is 4.52 Å². The quantitative estimate of drug-likeness (QED) is 0.630. The van der Waals surface area contributed by atoms with Crippen molar-refractivity contribution in [3.63, 3.8) is 0 Å². The number of carbonyl (C=O) groups is 1. The van der Waals surface area contributed by atoms with E-state index in [2.05, 4.69) is 27.0 Å². The van der Waals surface area contributed by atoms with E-state index in [1.807, 2.05) is 7.05 Å². The predicted octanol–water partition coefficient (Wildman–Crippen LogP) is -0.200. The molecular weight excluding hydrogens is 196 g/mol. The summed E-state index contributed by atoms with van der Waals surface area (Å²) in [4.78, 5) is 18.8. The first kappa shape index (κ1) is 10.3. The van der Waals surface area contributed by atoms with Crippen molar-refractivity contribution in [2.75, 3.05) is 33.7 Å². The van der Waals surface area contributed by atoms with Crippen LogP contribution < -0.4 is 0 Å². The minimum absolute atomic E-state index is 0.0478. The largest absolute Gasteiger partial charge is 0.331 e. The Bertz CT molecular complexity index is 352. The smallest absolute Gasteiger partial charge is 0.290 e. The fourth-order valence-corrected chi connectivity index (χ4v) is 1.72. The summed E-state index contributed by atoms with van der Waals surface area (Å²) in [7, 11) is 4.08. The summed E-state index contributed by atoms with van der Waals surface area (Å²) in [6, 6.07) is 0.112. The molecule has 1 saturated heterocycles. The highest BCUT2D eigenvalue weighted by molar-refractivity contribution is 5.66. The van der Waals surface area contributed by atoms with Crippen LogP contribution in [-0.4, -0.2) is 60.0 Å². The van der Waals surface area contributed by atoms with Gasteiger partial charge in [0.05, 0.1) is 6.04 Å². The molecule has 2 rings (SSSR count). The van der Waals surface area contributed by atoms with Gasteiger partial charge in [0.25, 0.3) is 5.89 Å². The Balaban J connectivity index is 2.17. The summed E-state index contributed by atoms with van der Waals surface area (Å²) in [5.41, 5.74) is 0. The van der Waals surface area contributed by atoms with E-state index < -0.39 is 0 Å². The topological polar surface area (TPSA) is 62.5 Å². The van der Waals surface area contributed by atoms with Crippen LogP contribution in [0.15, 0.2) is 4.52 Å². The first-order valence-corrected chi connectivity index (χ1v) is 4.88. The first-order chi connectivity index (χ1) is 7.20. The highest BCUT2D eigenvalue weighted by atomic mass is 16.5. The maximum Gasteiger partial charge on any atom is 0.290 e. The van der Waals surface area contributed by atoms with Gasteiger partial charge in [0.1, 0.15) is 0 Å². The van der Waals surface area contributed by atoms with Gasteiger partial charge in [-0.25, -0.2) is 0 Å². The number of rotatable bonds is 2. The van der Waals surface area contributed by atoms with Crippen molar-refractivity contribution in [3.05, 3.63) is 11.7 Å². The van der Waals surface area contributed by atoms with Gasteiger partial charge >= 0.3 is 0 Å². The van der Waals surface area contributed by atoms with Gasteiger partial charge < -0.3 is 9.42 Å². The van der Waals surface area contributed by atoms with Crippen LogP contribution in [0.3, 0.4) is 0 Å². The van der Waals surface area contributed by atoms with Gasteiger partial charge in [0.2, 0.25) is 6.29 Å². The lowest BCUT2D eigenvalue weighted by molar-refractivity contribution is 0.107. The van der Waals surface area contributed by atoms with Crippen molar-refractivity contribution in [2.24, 2.45) is 0 Å². The third-order valence-corrected chi connectivity index (χ3v) is 2.71. The van der Waals surface area contributed by atoms with Crippen LogP contribution in [0.4, 0.5) is 0 Å². The number of hydrogen-bond donors (Lipinski definition) is 0. The summed E-state index contributed by atoms with van der Waals surface area (Å²) in [5, 5.41) is 3.81. The molecule has 0 amide bonds. The van der Waals surface area contributed by atoms with E-state index in [1.54, 1.807) is 0 Å². The summed E-state index contributed by atoms with van der Waals surface area (Å²) in [5.74, 6) is 0.637. The Morgan fingerprint density at radius 3 is 2.93 bits per heavy atom. The van der Waals surface area contributed by atoms with Crippen molar-refractivity contribution < 1.29 is 9.32 Å². The Morgan fingerprint density at radius 1 is 1.47 bits per heavy atom. The molecule has 1 aliphatic heterocycles. The average Bonchev–Trinajstić information content (AvgIpc) is 2.70. The number of aldehydes is 1. The molecule has 1 aromatic heterocycles. The summed E-state index contributed by atoms with van der Waals surface area (Å²) in [6.45, 7) is 2.85. The van der Waals surface area contributed by atoms with Crippen LogP contribution >= 0.6 is 0 Å². The van der Waals surface area contributed by atoms with E-state index >= 15 is 0 Å². The molecule has 2 heterocycles. The fourth-order valence-electron chi connectivity index (χ4n) is 1.72. The van der Waals surface area contributed by atoms with E-state index in [-0.39, 0.29) is 11.9 Å². The normalized spacial score (nSPS) is 24.3. The second-order valence-corrected chi connectivity index (χ2v) is 3.87. The summed E-state index contributed by atoms with van der Waals surface area (Å²) >= 11 is 0. The average molecular weight is 210 g/mol. The van der Waals surface area contributed by atoms with Gasteiger partial charge in [0, 0.05) is 19.6 Å². The van der Waals surface area contributed by atoms with E-state index in [9.17, 15) is 4.79 Å². The van der Waals surface area contributed by atoms with Crippen LogP contribution in [0.25, 0.3) is 0 Å². The summed E-state index contributed by atoms with van der Waals surface area (Å²) < 4.78 is 4.78. The molecule has 1 atom stereocenters. The zero-order valence-electron chi connectivity index (χ0n) is 8.88. The molecule has 82 valence electrons. The Kier molecular flexibility index (Phi) is 2.79. The fraction of sp³-hybridized carbons (Fsp3) is 0.667. The Morgan fingerprint density at radius 2 is 2.27 bits per heavy atom. The number of nitrogens with zero attached hydrogens (tertiary/aromatic N) is 4. The van der Waals surface area contributed by atoms with Crippen molar-refractivity contribution in [2.45, 2.75) is 6.04 Å². The second-order valence-electron chi connectivity index (χ2n) is 3.87. The predicted molar refractivity (Wildman–Crippen MR) is 52.6 cm³/mol. The lowest BCUT2D eigenvalue weighted by Crippen LogP contribution is -2.45. The minimum Gasteiger partial charge on any atom is -0.331 e. The SMILES string of the molecule is CN1CCN(C)C(c2noc(C=O)n2)C1. The minimum atomic E-state index is 0.0478. The zero-order valence-corrected chi connectivity index (χ0v) is 8.88. The van der Waals surface area contributed by atoms with Crippen LogP contribution in [0.5, 0.6) is 0 Å². The van der Waals surface area contributed by atoms with Gasteiger partial charge in [0.15, 0.2) is 5.82 Å². The van der Waals surface area contributed by atoms with Gasteiger partial charge in [-0.15, -0.1) is 0 Å². The van der Waals surface area contributed by atoms with Crippen LogP contribution in [0.2, 0.25) is 0 Å². The molecule has 6 heteroatoms. The molecule has 1 aromatic rings. The molecule has 0 radical (unpaired) electrons. The lowest BCUT2D eigenvalue weighted by Gasteiger charge is -2.35. The number of carbonyl (C=O) groups excluding carboxylic acids is 1.